The molecule has 0 N–H and O–H groups in total. The first kappa shape index (κ1) is 16.6. The van der Waals surface area contributed by atoms with Gasteiger partial charge in [0.2, 0.25) is 0 Å². The third-order valence-electron chi connectivity index (χ3n) is 3.82. The second-order valence-electron chi connectivity index (χ2n) is 5.47. The normalized spacial score (nSPS) is 12.8. The van der Waals surface area contributed by atoms with Crippen molar-refractivity contribution in [2.24, 2.45) is 0 Å². The molecule has 0 fully saturated rings. The maximum Gasteiger partial charge on any atom is 0.416 e. The number of hydrogen-bond donors (Lipinski definition) is 0. The summed E-state index contributed by atoms with van der Waals surface area (Å²) in [6.07, 6.45) is -4.37. The van der Waals surface area contributed by atoms with Gasteiger partial charge in [0.15, 0.2) is 0 Å². The molecular weight excluding hydrogens is 333 g/mol. The predicted octanol–water partition coefficient (Wildman–Crippen LogP) is 6.70. The molecule has 3 aromatic carbocycles. The Balaban J connectivity index is 1.87. The van der Waals surface area contributed by atoms with Crippen LogP contribution in [0, 0.1) is 0 Å². The zero-order valence-electron chi connectivity index (χ0n) is 12.6. The molecule has 0 bridgehead atoms. The van der Waals surface area contributed by atoms with Crippen LogP contribution in [0.3, 0.4) is 0 Å². The van der Waals surface area contributed by atoms with E-state index in [0.29, 0.717) is 5.56 Å². The van der Waals surface area contributed by atoms with E-state index in [2.05, 4.69) is 0 Å². The van der Waals surface area contributed by atoms with Crippen molar-refractivity contribution in [3.63, 3.8) is 0 Å². The molecule has 0 radical (unpaired) electrons. The van der Waals surface area contributed by atoms with Gasteiger partial charge < -0.3 is 0 Å². The lowest BCUT2D eigenvalue weighted by molar-refractivity contribution is -0.137. The lowest BCUT2D eigenvalue weighted by atomic mass is 9.99. The summed E-state index contributed by atoms with van der Waals surface area (Å²) >= 11 is 6.38. The summed E-state index contributed by atoms with van der Waals surface area (Å²) in [5.74, 6) is 0. The Bertz CT molecular complexity index is 808. The second-order valence-corrected chi connectivity index (χ2v) is 5.91. The van der Waals surface area contributed by atoms with Gasteiger partial charge in [-0.1, -0.05) is 66.7 Å². The van der Waals surface area contributed by atoms with E-state index in [0.717, 1.165) is 28.8 Å². The first-order chi connectivity index (χ1) is 11.4. The number of halogens is 4. The lowest BCUT2D eigenvalue weighted by Gasteiger charge is -2.14. The molecule has 0 spiro atoms. The third kappa shape index (κ3) is 3.62. The first-order valence-electron chi connectivity index (χ1n) is 7.42. The van der Waals surface area contributed by atoms with Gasteiger partial charge in [0.1, 0.15) is 0 Å². The van der Waals surface area contributed by atoms with Crippen LogP contribution in [0.1, 0.15) is 22.1 Å². The molecule has 1 atom stereocenters. The maximum absolute atomic E-state index is 12.8. The number of hydrogen-bond acceptors (Lipinski definition) is 0. The van der Waals surface area contributed by atoms with E-state index >= 15 is 0 Å². The molecule has 0 aromatic heterocycles. The molecule has 4 heteroatoms. The SMILES string of the molecule is FC(F)(F)c1cccc(C(Cl)c2ccc(-c3ccccc3)cc2)c1. The molecule has 3 rings (SSSR count). The van der Waals surface area contributed by atoms with E-state index in [4.69, 9.17) is 11.6 Å². The van der Waals surface area contributed by atoms with Gasteiger partial charge in [-0.25, -0.2) is 0 Å². The van der Waals surface area contributed by atoms with Crippen LogP contribution in [0.15, 0.2) is 78.9 Å². The van der Waals surface area contributed by atoms with Crippen molar-refractivity contribution >= 4 is 11.6 Å². The number of benzene rings is 3. The largest absolute Gasteiger partial charge is 0.416 e. The van der Waals surface area contributed by atoms with Crippen molar-refractivity contribution in [3.8, 4) is 11.1 Å². The van der Waals surface area contributed by atoms with Gasteiger partial charge in [0, 0.05) is 0 Å². The van der Waals surface area contributed by atoms with E-state index in [-0.39, 0.29) is 0 Å². The van der Waals surface area contributed by atoms with Crippen molar-refractivity contribution in [2.45, 2.75) is 11.6 Å². The highest BCUT2D eigenvalue weighted by atomic mass is 35.5. The van der Waals surface area contributed by atoms with Gasteiger partial charge in [-0.15, -0.1) is 11.6 Å². The van der Waals surface area contributed by atoms with Gasteiger partial charge in [-0.05, 0) is 34.4 Å². The second kappa shape index (κ2) is 6.70. The molecule has 0 nitrogen and oxygen atoms in total. The van der Waals surface area contributed by atoms with Crippen molar-refractivity contribution in [3.05, 3.63) is 95.6 Å². The minimum atomic E-state index is -4.37. The molecule has 0 aliphatic carbocycles. The number of alkyl halides is 4. The smallest absolute Gasteiger partial charge is 0.166 e. The van der Waals surface area contributed by atoms with E-state index in [9.17, 15) is 13.2 Å². The summed E-state index contributed by atoms with van der Waals surface area (Å²) in [6, 6.07) is 22.5. The molecule has 0 aliphatic heterocycles. The topological polar surface area (TPSA) is 0 Å². The fourth-order valence-electron chi connectivity index (χ4n) is 2.54. The summed E-state index contributed by atoms with van der Waals surface area (Å²) in [7, 11) is 0. The molecule has 0 heterocycles. The van der Waals surface area contributed by atoms with Gasteiger partial charge in [0.25, 0.3) is 0 Å². The predicted molar refractivity (Wildman–Crippen MR) is 91.0 cm³/mol. The van der Waals surface area contributed by atoms with Crippen molar-refractivity contribution in [1.29, 1.82) is 0 Å². The minimum absolute atomic E-state index is 0.430. The molecule has 0 aliphatic rings. The zero-order chi connectivity index (χ0) is 17.2. The van der Waals surface area contributed by atoms with Crippen molar-refractivity contribution < 1.29 is 13.2 Å². The van der Waals surface area contributed by atoms with Crippen LogP contribution in [0.25, 0.3) is 11.1 Å². The Morgan fingerprint density at radius 1 is 0.667 bits per heavy atom. The Hall–Kier alpha value is -2.26. The summed E-state index contributed by atoms with van der Waals surface area (Å²) < 4.78 is 38.5. The number of rotatable bonds is 3. The highest BCUT2D eigenvalue weighted by Crippen LogP contribution is 2.35. The van der Waals surface area contributed by atoms with Gasteiger partial charge >= 0.3 is 6.18 Å². The highest BCUT2D eigenvalue weighted by molar-refractivity contribution is 6.22. The van der Waals surface area contributed by atoms with Gasteiger partial charge in [0.05, 0.1) is 10.9 Å². The summed E-state index contributed by atoms with van der Waals surface area (Å²) in [5.41, 5.74) is 2.61. The molecule has 0 saturated carbocycles. The molecular formula is C20H14ClF3. The minimum Gasteiger partial charge on any atom is -0.166 e. The Morgan fingerprint density at radius 3 is 1.92 bits per heavy atom. The average molecular weight is 347 g/mol. The molecule has 122 valence electrons. The van der Waals surface area contributed by atoms with Crippen LogP contribution >= 0.6 is 11.6 Å². The lowest BCUT2D eigenvalue weighted by Crippen LogP contribution is -2.06. The maximum atomic E-state index is 12.8. The van der Waals surface area contributed by atoms with Crippen LogP contribution < -0.4 is 0 Å². The van der Waals surface area contributed by atoms with Crippen molar-refractivity contribution in [2.75, 3.05) is 0 Å². The Kier molecular flexibility index (Phi) is 4.63. The van der Waals surface area contributed by atoms with Crippen LogP contribution in [-0.4, -0.2) is 0 Å². The van der Waals surface area contributed by atoms with Crippen molar-refractivity contribution in [1.82, 2.24) is 0 Å². The van der Waals surface area contributed by atoms with Gasteiger partial charge in [-0.2, -0.15) is 13.2 Å². The molecule has 24 heavy (non-hydrogen) atoms. The highest BCUT2D eigenvalue weighted by Gasteiger charge is 2.30. The fourth-order valence-corrected chi connectivity index (χ4v) is 2.82. The quantitative estimate of drug-likeness (QED) is 0.463. The Labute approximate surface area is 143 Å². The summed E-state index contributed by atoms with van der Waals surface area (Å²) in [5, 5.41) is -0.628. The molecule has 1 unspecified atom stereocenters. The first-order valence-corrected chi connectivity index (χ1v) is 7.85. The fraction of sp³-hybridized carbons (Fsp3) is 0.100. The van der Waals surface area contributed by atoms with E-state index in [1.54, 1.807) is 6.07 Å². The van der Waals surface area contributed by atoms with Crippen LogP contribution in [-0.2, 0) is 6.18 Å². The molecule has 0 saturated heterocycles. The van der Waals surface area contributed by atoms with Gasteiger partial charge in [-0.3, -0.25) is 0 Å². The summed E-state index contributed by atoms with van der Waals surface area (Å²) in [4.78, 5) is 0. The molecule has 3 aromatic rings. The standard InChI is InChI=1S/C20H14ClF3/c21-19(17-7-4-8-18(13-17)20(22,23)24)16-11-9-15(10-12-16)14-5-2-1-3-6-14/h1-13,19H. The monoisotopic (exact) mass is 346 g/mol. The molecule has 0 amide bonds. The van der Waals surface area contributed by atoms with E-state index in [1.807, 2.05) is 54.6 Å². The Morgan fingerprint density at radius 2 is 1.29 bits per heavy atom. The average Bonchev–Trinajstić information content (AvgIpc) is 2.61. The summed E-state index contributed by atoms with van der Waals surface area (Å²) in [6.45, 7) is 0. The zero-order valence-corrected chi connectivity index (χ0v) is 13.4. The van der Waals surface area contributed by atoms with E-state index in [1.165, 1.54) is 6.07 Å². The van der Waals surface area contributed by atoms with Crippen LogP contribution in [0.5, 0.6) is 0 Å². The van der Waals surface area contributed by atoms with Crippen LogP contribution in [0.2, 0.25) is 0 Å². The third-order valence-corrected chi connectivity index (χ3v) is 4.32. The van der Waals surface area contributed by atoms with E-state index < -0.39 is 17.1 Å². The van der Waals surface area contributed by atoms with Crippen LogP contribution in [0.4, 0.5) is 13.2 Å².